The van der Waals surface area contributed by atoms with Crippen molar-refractivity contribution in [2.24, 2.45) is 0 Å². The number of allylic oxidation sites excluding steroid dienone is 2. The lowest BCUT2D eigenvalue weighted by atomic mass is 9.95. The molecule has 2 heteroatoms. The first kappa shape index (κ1) is 11.6. The normalized spacial score (nSPS) is 21.8. The van der Waals surface area contributed by atoms with Gasteiger partial charge in [-0.05, 0) is 31.9 Å². The summed E-state index contributed by atoms with van der Waals surface area (Å²) in [6, 6.07) is 10.1. The highest BCUT2D eigenvalue weighted by atomic mass is 16.2. The monoisotopic (exact) mass is 227 g/mol. The molecule has 2 rings (SSSR count). The Hall–Kier alpha value is -1.83. The summed E-state index contributed by atoms with van der Waals surface area (Å²) in [4.78, 5) is 12.0. The molecule has 1 aromatic rings. The van der Waals surface area contributed by atoms with Crippen LogP contribution in [0.3, 0.4) is 0 Å². The molecular formula is C15H17NO. The first-order valence-electron chi connectivity index (χ1n) is 5.85. The quantitative estimate of drug-likeness (QED) is 0.734. The minimum atomic E-state index is -0.00130. The molecule has 1 amide bonds. The number of hydrogen-bond donors (Lipinski definition) is 1. The van der Waals surface area contributed by atoms with E-state index in [9.17, 15) is 4.79 Å². The van der Waals surface area contributed by atoms with Gasteiger partial charge in [0.25, 0.3) is 5.91 Å². The third kappa shape index (κ3) is 2.03. The van der Waals surface area contributed by atoms with Crippen molar-refractivity contribution in [2.75, 3.05) is 0 Å². The Kier molecular flexibility index (Phi) is 3.14. The van der Waals surface area contributed by atoms with E-state index >= 15 is 0 Å². The summed E-state index contributed by atoms with van der Waals surface area (Å²) in [5.41, 5.74) is 4.11. The van der Waals surface area contributed by atoms with Gasteiger partial charge in [0, 0.05) is 5.57 Å². The number of carbonyl (C=O) groups is 1. The van der Waals surface area contributed by atoms with Gasteiger partial charge in [-0.15, -0.1) is 0 Å². The van der Waals surface area contributed by atoms with Crippen LogP contribution >= 0.6 is 0 Å². The van der Waals surface area contributed by atoms with Gasteiger partial charge in [0.15, 0.2) is 0 Å². The fourth-order valence-electron chi connectivity index (χ4n) is 2.29. The summed E-state index contributed by atoms with van der Waals surface area (Å²) in [6.07, 6.45) is 2.03. The number of hydrogen-bond acceptors (Lipinski definition) is 1. The van der Waals surface area contributed by atoms with Crippen LogP contribution in [-0.2, 0) is 4.79 Å². The Morgan fingerprint density at radius 3 is 2.41 bits per heavy atom. The van der Waals surface area contributed by atoms with Gasteiger partial charge in [-0.2, -0.15) is 0 Å². The average molecular weight is 227 g/mol. The molecule has 1 aliphatic rings. The molecule has 0 aromatic heterocycles. The predicted molar refractivity (Wildman–Crippen MR) is 69.5 cm³/mol. The summed E-state index contributed by atoms with van der Waals surface area (Å²) in [5, 5.41) is 3.04. The number of nitrogens with one attached hydrogen (secondary N) is 1. The molecule has 0 spiro atoms. The van der Waals surface area contributed by atoms with Crippen LogP contribution in [0.1, 0.15) is 32.4 Å². The Labute approximate surface area is 102 Å². The first-order valence-corrected chi connectivity index (χ1v) is 5.85. The summed E-state index contributed by atoms with van der Waals surface area (Å²) in [6.45, 7) is 5.94. The molecule has 17 heavy (non-hydrogen) atoms. The van der Waals surface area contributed by atoms with E-state index in [0.29, 0.717) is 0 Å². The summed E-state index contributed by atoms with van der Waals surface area (Å²) >= 11 is 0. The average Bonchev–Trinajstić information content (AvgIpc) is 2.67. The Balaban J connectivity index is 2.47. The summed E-state index contributed by atoms with van der Waals surface area (Å²) in [5.74, 6) is 0.0342. The van der Waals surface area contributed by atoms with Crippen LogP contribution in [0.25, 0.3) is 0 Å². The van der Waals surface area contributed by atoms with E-state index < -0.39 is 0 Å². The molecule has 1 aromatic carbocycles. The van der Waals surface area contributed by atoms with Gasteiger partial charge in [-0.1, -0.05) is 42.0 Å². The molecule has 1 heterocycles. The van der Waals surface area contributed by atoms with Gasteiger partial charge in [-0.3, -0.25) is 4.79 Å². The zero-order valence-electron chi connectivity index (χ0n) is 10.4. The third-order valence-electron chi connectivity index (χ3n) is 3.05. The molecule has 0 bridgehead atoms. The van der Waals surface area contributed by atoms with Gasteiger partial charge in [0.2, 0.25) is 0 Å². The number of benzene rings is 1. The van der Waals surface area contributed by atoms with Crippen LogP contribution in [0.4, 0.5) is 0 Å². The Morgan fingerprint density at radius 2 is 1.88 bits per heavy atom. The highest BCUT2D eigenvalue weighted by Gasteiger charge is 2.32. The summed E-state index contributed by atoms with van der Waals surface area (Å²) in [7, 11) is 0. The standard InChI is InChI=1S/C15H17NO/c1-4-12-13(10(2)3)15(17)16-14(12)11-8-6-5-7-9-11/h4-9,14H,1-3H3,(H,16,17)/b12-4+/t14-/m0/s1. The first-order chi connectivity index (χ1) is 8.15. The van der Waals surface area contributed by atoms with E-state index in [2.05, 4.69) is 5.32 Å². The second kappa shape index (κ2) is 4.58. The molecule has 88 valence electrons. The van der Waals surface area contributed by atoms with Crippen molar-refractivity contribution < 1.29 is 4.79 Å². The highest BCUT2D eigenvalue weighted by molar-refractivity contribution is 6.02. The molecule has 0 radical (unpaired) electrons. The van der Waals surface area contributed by atoms with Crippen molar-refractivity contribution in [2.45, 2.75) is 26.8 Å². The van der Waals surface area contributed by atoms with Crippen LogP contribution in [0.5, 0.6) is 0 Å². The van der Waals surface area contributed by atoms with E-state index in [1.54, 1.807) is 0 Å². The van der Waals surface area contributed by atoms with Crippen molar-refractivity contribution >= 4 is 5.91 Å². The van der Waals surface area contributed by atoms with Crippen molar-refractivity contribution in [1.29, 1.82) is 0 Å². The van der Waals surface area contributed by atoms with Crippen molar-refractivity contribution in [3.8, 4) is 0 Å². The van der Waals surface area contributed by atoms with Crippen LogP contribution in [0.15, 0.2) is 53.1 Å². The molecule has 0 aliphatic carbocycles. The lowest BCUT2D eigenvalue weighted by Gasteiger charge is -2.12. The van der Waals surface area contributed by atoms with Crippen LogP contribution in [0, 0.1) is 0 Å². The SMILES string of the molecule is C/C=C1\C(=C(C)C)C(=O)N[C@H]1c1ccccc1. The number of amides is 1. The fourth-order valence-corrected chi connectivity index (χ4v) is 2.29. The lowest BCUT2D eigenvalue weighted by Crippen LogP contribution is -2.19. The second-order valence-electron chi connectivity index (χ2n) is 4.44. The molecule has 2 nitrogen and oxygen atoms in total. The largest absolute Gasteiger partial charge is 0.341 e. The minimum absolute atomic E-state index is 0.00130. The fraction of sp³-hybridized carbons (Fsp3) is 0.267. The van der Waals surface area contributed by atoms with Crippen LogP contribution in [0.2, 0.25) is 0 Å². The third-order valence-corrected chi connectivity index (χ3v) is 3.05. The van der Waals surface area contributed by atoms with E-state index in [0.717, 1.165) is 22.3 Å². The second-order valence-corrected chi connectivity index (χ2v) is 4.44. The van der Waals surface area contributed by atoms with Gasteiger partial charge in [0.1, 0.15) is 0 Å². The Morgan fingerprint density at radius 1 is 1.24 bits per heavy atom. The summed E-state index contributed by atoms with van der Waals surface area (Å²) < 4.78 is 0. The molecular weight excluding hydrogens is 210 g/mol. The maximum absolute atomic E-state index is 12.0. The van der Waals surface area contributed by atoms with Crippen molar-refractivity contribution in [3.63, 3.8) is 0 Å². The zero-order chi connectivity index (χ0) is 12.4. The van der Waals surface area contributed by atoms with Gasteiger partial charge in [0.05, 0.1) is 6.04 Å². The van der Waals surface area contributed by atoms with Crippen LogP contribution in [-0.4, -0.2) is 5.91 Å². The molecule has 1 N–H and O–H groups in total. The van der Waals surface area contributed by atoms with Gasteiger partial charge < -0.3 is 5.32 Å². The van der Waals surface area contributed by atoms with E-state index in [1.165, 1.54) is 0 Å². The molecule has 1 saturated heterocycles. The number of carbonyl (C=O) groups excluding carboxylic acids is 1. The molecule has 0 unspecified atom stereocenters. The van der Waals surface area contributed by atoms with Crippen molar-refractivity contribution in [3.05, 3.63) is 58.7 Å². The smallest absolute Gasteiger partial charge is 0.252 e. The molecule has 1 fully saturated rings. The zero-order valence-corrected chi connectivity index (χ0v) is 10.4. The maximum atomic E-state index is 12.0. The maximum Gasteiger partial charge on any atom is 0.252 e. The van der Waals surface area contributed by atoms with Gasteiger partial charge in [-0.25, -0.2) is 0 Å². The highest BCUT2D eigenvalue weighted by Crippen LogP contribution is 2.34. The number of rotatable bonds is 1. The predicted octanol–water partition coefficient (Wildman–Crippen LogP) is 3.14. The van der Waals surface area contributed by atoms with Crippen molar-refractivity contribution in [1.82, 2.24) is 5.32 Å². The lowest BCUT2D eigenvalue weighted by molar-refractivity contribution is -0.116. The van der Waals surface area contributed by atoms with Crippen LogP contribution < -0.4 is 5.32 Å². The van der Waals surface area contributed by atoms with Gasteiger partial charge >= 0.3 is 0 Å². The van der Waals surface area contributed by atoms with E-state index in [1.807, 2.05) is 57.2 Å². The Bertz CT molecular complexity index is 493. The molecule has 0 saturated carbocycles. The molecule has 1 aliphatic heterocycles. The van der Waals surface area contributed by atoms with E-state index in [-0.39, 0.29) is 11.9 Å². The van der Waals surface area contributed by atoms with E-state index in [4.69, 9.17) is 0 Å². The minimum Gasteiger partial charge on any atom is -0.341 e. The molecule has 1 atom stereocenters. The topological polar surface area (TPSA) is 29.1 Å².